The van der Waals surface area contributed by atoms with Gasteiger partial charge in [-0.25, -0.2) is 0 Å². The standard InChI is InChI=1S/C16H21NO3/c1-13(17-16(19)6-4-12-20-2)15-9-7-14(8-10-15)5-3-11-18/h7-10,13,18H,4,6,11-12H2,1-2H3,(H,17,19). The van der Waals surface area contributed by atoms with Gasteiger partial charge in [-0.05, 0) is 31.0 Å². The molecule has 1 atom stereocenters. The molecular formula is C16H21NO3. The first-order chi connectivity index (χ1) is 9.67. The van der Waals surface area contributed by atoms with Crippen LogP contribution in [0.1, 0.15) is 36.9 Å². The van der Waals surface area contributed by atoms with Crippen molar-refractivity contribution in [1.82, 2.24) is 5.32 Å². The third-order valence-corrected chi connectivity index (χ3v) is 2.85. The summed E-state index contributed by atoms with van der Waals surface area (Å²) in [5, 5.41) is 11.6. The Morgan fingerprint density at radius 3 is 2.70 bits per heavy atom. The minimum absolute atomic E-state index is 0.0266. The van der Waals surface area contributed by atoms with Gasteiger partial charge in [0, 0.05) is 25.7 Å². The number of rotatable bonds is 6. The van der Waals surface area contributed by atoms with Gasteiger partial charge in [-0.3, -0.25) is 4.79 Å². The van der Waals surface area contributed by atoms with Gasteiger partial charge in [0.25, 0.3) is 0 Å². The molecule has 0 aliphatic heterocycles. The number of methoxy groups -OCH3 is 1. The lowest BCUT2D eigenvalue weighted by atomic mass is 10.1. The molecule has 0 fully saturated rings. The highest BCUT2D eigenvalue weighted by molar-refractivity contribution is 5.76. The number of aliphatic hydroxyl groups is 1. The molecule has 0 radical (unpaired) electrons. The summed E-state index contributed by atoms with van der Waals surface area (Å²) in [7, 11) is 1.63. The minimum Gasteiger partial charge on any atom is -0.385 e. The van der Waals surface area contributed by atoms with Gasteiger partial charge in [0.1, 0.15) is 6.61 Å². The van der Waals surface area contributed by atoms with Crippen molar-refractivity contribution in [2.75, 3.05) is 20.3 Å². The largest absolute Gasteiger partial charge is 0.385 e. The van der Waals surface area contributed by atoms with Crippen LogP contribution in [0, 0.1) is 11.8 Å². The van der Waals surface area contributed by atoms with Crippen molar-refractivity contribution in [2.24, 2.45) is 0 Å². The van der Waals surface area contributed by atoms with Gasteiger partial charge >= 0.3 is 0 Å². The molecule has 2 N–H and O–H groups in total. The van der Waals surface area contributed by atoms with E-state index in [1.165, 1.54) is 0 Å². The third-order valence-electron chi connectivity index (χ3n) is 2.85. The molecule has 20 heavy (non-hydrogen) atoms. The average Bonchev–Trinajstić information content (AvgIpc) is 2.46. The van der Waals surface area contributed by atoms with Crippen LogP contribution in [0.2, 0.25) is 0 Å². The fraction of sp³-hybridized carbons (Fsp3) is 0.438. The Balaban J connectivity index is 2.50. The zero-order chi connectivity index (χ0) is 14.8. The molecule has 0 aliphatic rings. The monoisotopic (exact) mass is 275 g/mol. The van der Waals surface area contributed by atoms with Crippen molar-refractivity contribution in [2.45, 2.75) is 25.8 Å². The van der Waals surface area contributed by atoms with E-state index in [1.807, 2.05) is 31.2 Å². The molecular weight excluding hydrogens is 254 g/mol. The van der Waals surface area contributed by atoms with Crippen LogP contribution < -0.4 is 5.32 Å². The predicted molar refractivity (Wildman–Crippen MR) is 78.1 cm³/mol. The smallest absolute Gasteiger partial charge is 0.220 e. The van der Waals surface area contributed by atoms with Gasteiger partial charge in [0.15, 0.2) is 0 Å². The SMILES string of the molecule is COCCCC(=O)NC(C)c1ccc(C#CCO)cc1. The highest BCUT2D eigenvalue weighted by atomic mass is 16.5. The summed E-state index contributed by atoms with van der Waals surface area (Å²) < 4.78 is 4.92. The first-order valence-electron chi connectivity index (χ1n) is 6.65. The molecule has 0 spiro atoms. The Morgan fingerprint density at radius 1 is 1.40 bits per heavy atom. The Morgan fingerprint density at radius 2 is 2.10 bits per heavy atom. The molecule has 0 aliphatic carbocycles. The van der Waals surface area contributed by atoms with Crippen molar-refractivity contribution in [3.8, 4) is 11.8 Å². The summed E-state index contributed by atoms with van der Waals surface area (Å²) in [6.45, 7) is 2.40. The number of amides is 1. The highest BCUT2D eigenvalue weighted by Crippen LogP contribution is 2.13. The number of ether oxygens (including phenoxy) is 1. The number of nitrogens with one attached hydrogen (secondary N) is 1. The maximum Gasteiger partial charge on any atom is 0.220 e. The van der Waals surface area contributed by atoms with E-state index >= 15 is 0 Å². The van der Waals surface area contributed by atoms with Gasteiger partial charge in [-0.15, -0.1) is 0 Å². The molecule has 4 heteroatoms. The summed E-state index contributed by atoms with van der Waals surface area (Å²) in [5.41, 5.74) is 1.88. The number of carbonyl (C=O) groups excluding carboxylic acids is 1. The summed E-state index contributed by atoms with van der Waals surface area (Å²) in [6, 6.07) is 7.59. The predicted octanol–water partition coefficient (Wildman–Crippen LogP) is 1.63. The maximum atomic E-state index is 11.7. The minimum atomic E-state index is -0.143. The first-order valence-corrected chi connectivity index (χ1v) is 6.65. The quantitative estimate of drug-likeness (QED) is 0.613. The normalized spacial score (nSPS) is 11.3. The van der Waals surface area contributed by atoms with Crippen molar-refractivity contribution >= 4 is 5.91 Å². The topological polar surface area (TPSA) is 58.6 Å². The van der Waals surface area contributed by atoms with E-state index in [-0.39, 0.29) is 18.6 Å². The average molecular weight is 275 g/mol. The van der Waals surface area contributed by atoms with Crippen molar-refractivity contribution in [1.29, 1.82) is 0 Å². The molecule has 1 rings (SSSR count). The number of hydrogen-bond donors (Lipinski definition) is 2. The third kappa shape index (κ3) is 5.87. The van der Waals surface area contributed by atoms with Crippen molar-refractivity contribution in [3.63, 3.8) is 0 Å². The van der Waals surface area contributed by atoms with Crippen LogP contribution in [-0.2, 0) is 9.53 Å². The lowest BCUT2D eigenvalue weighted by Crippen LogP contribution is -2.26. The Labute approximate surface area is 120 Å². The molecule has 1 unspecified atom stereocenters. The maximum absolute atomic E-state index is 11.7. The molecule has 108 valence electrons. The summed E-state index contributed by atoms with van der Waals surface area (Å²) >= 11 is 0. The zero-order valence-electron chi connectivity index (χ0n) is 12.0. The number of aliphatic hydroxyl groups excluding tert-OH is 1. The van der Waals surface area contributed by atoms with Gasteiger partial charge in [0.2, 0.25) is 5.91 Å². The summed E-state index contributed by atoms with van der Waals surface area (Å²) in [6.07, 6.45) is 1.20. The van der Waals surface area contributed by atoms with Gasteiger partial charge in [-0.2, -0.15) is 0 Å². The number of benzene rings is 1. The van der Waals surface area contributed by atoms with E-state index in [0.29, 0.717) is 13.0 Å². The fourth-order valence-electron chi connectivity index (χ4n) is 1.77. The molecule has 1 amide bonds. The van der Waals surface area contributed by atoms with Crippen LogP contribution >= 0.6 is 0 Å². The Bertz CT molecular complexity index is 471. The molecule has 0 saturated heterocycles. The number of carbonyl (C=O) groups is 1. The Hall–Kier alpha value is -1.83. The molecule has 0 aromatic heterocycles. The lowest BCUT2D eigenvalue weighted by molar-refractivity contribution is -0.122. The molecule has 0 bridgehead atoms. The summed E-state index contributed by atoms with van der Waals surface area (Å²) in [5.74, 6) is 5.46. The molecule has 0 heterocycles. The second kappa shape index (κ2) is 9.13. The van der Waals surface area contributed by atoms with E-state index < -0.39 is 0 Å². The van der Waals surface area contributed by atoms with Crippen LogP contribution in [0.4, 0.5) is 0 Å². The van der Waals surface area contributed by atoms with Crippen LogP contribution in [0.25, 0.3) is 0 Å². The number of hydrogen-bond acceptors (Lipinski definition) is 3. The molecule has 0 saturated carbocycles. The fourth-order valence-corrected chi connectivity index (χ4v) is 1.77. The second-order valence-corrected chi connectivity index (χ2v) is 4.47. The van der Waals surface area contributed by atoms with Crippen molar-refractivity contribution in [3.05, 3.63) is 35.4 Å². The van der Waals surface area contributed by atoms with E-state index in [2.05, 4.69) is 17.2 Å². The highest BCUT2D eigenvalue weighted by Gasteiger charge is 2.08. The van der Waals surface area contributed by atoms with E-state index in [1.54, 1.807) is 7.11 Å². The molecule has 1 aromatic carbocycles. The van der Waals surface area contributed by atoms with Crippen LogP contribution in [0.15, 0.2) is 24.3 Å². The Kier molecular flexibility index (Phi) is 7.41. The van der Waals surface area contributed by atoms with Crippen LogP contribution in [0.5, 0.6) is 0 Å². The molecule has 4 nitrogen and oxygen atoms in total. The van der Waals surface area contributed by atoms with E-state index in [9.17, 15) is 4.79 Å². The first kappa shape index (κ1) is 16.2. The van der Waals surface area contributed by atoms with Crippen LogP contribution in [-0.4, -0.2) is 31.3 Å². The van der Waals surface area contributed by atoms with Gasteiger partial charge in [0.05, 0.1) is 6.04 Å². The van der Waals surface area contributed by atoms with Crippen molar-refractivity contribution < 1.29 is 14.6 Å². The van der Waals surface area contributed by atoms with E-state index in [0.717, 1.165) is 17.5 Å². The summed E-state index contributed by atoms with van der Waals surface area (Å²) in [4.78, 5) is 11.7. The van der Waals surface area contributed by atoms with Crippen LogP contribution in [0.3, 0.4) is 0 Å². The van der Waals surface area contributed by atoms with E-state index in [4.69, 9.17) is 9.84 Å². The zero-order valence-corrected chi connectivity index (χ0v) is 12.0. The van der Waals surface area contributed by atoms with Gasteiger partial charge < -0.3 is 15.2 Å². The second-order valence-electron chi connectivity index (χ2n) is 4.47. The molecule has 1 aromatic rings. The lowest BCUT2D eigenvalue weighted by Gasteiger charge is -2.14. The van der Waals surface area contributed by atoms with Gasteiger partial charge in [-0.1, -0.05) is 24.0 Å².